The molecule has 41 heavy (non-hydrogen) atoms. The Morgan fingerprint density at radius 2 is 1.88 bits per heavy atom. The summed E-state index contributed by atoms with van der Waals surface area (Å²) in [6, 6.07) is 10.1. The molecule has 5 heterocycles. The monoisotopic (exact) mass is 554 g/mol. The summed E-state index contributed by atoms with van der Waals surface area (Å²) >= 11 is 0. The van der Waals surface area contributed by atoms with E-state index in [0.717, 1.165) is 67.2 Å². The Labute approximate surface area is 238 Å². The summed E-state index contributed by atoms with van der Waals surface area (Å²) in [7, 11) is 3.65. The van der Waals surface area contributed by atoms with Gasteiger partial charge in [0.05, 0.1) is 41.5 Å². The van der Waals surface area contributed by atoms with E-state index in [1.165, 1.54) is 5.69 Å². The van der Waals surface area contributed by atoms with Gasteiger partial charge in [0.25, 0.3) is 5.91 Å². The van der Waals surface area contributed by atoms with Gasteiger partial charge in [-0.1, -0.05) is 19.1 Å². The molecule has 0 aliphatic carbocycles. The number of aryl methyl sites for hydroxylation is 2. The Balaban J connectivity index is 1.36. The van der Waals surface area contributed by atoms with Crippen LogP contribution in [0.3, 0.4) is 0 Å². The number of aromatic nitrogens is 6. The Bertz CT molecular complexity index is 1590. The number of hydrogen-bond donors (Lipinski definition) is 3. The zero-order valence-corrected chi connectivity index (χ0v) is 23.7. The van der Waals surface area contributed by atoms with Gasteiger partial charge in [0.15, 0.2) is 11.5 Å². The maximum atomic E-state index is 12.8. The highest BCUT2D eigenvalue weighted by Crippen LogP contribution is 2.45. The van der Waals surface area contributed by atoms with Crippen molar-refractivity contribution in [1.29, 1.82) is 0 Å². The molecule has 6 rings (SSSR count). The smallest absolute Gasteiger partial charge is 0.273 e. The molecule has 0 radical (unpaired) electrons. The van der Waals surface area contributed by atoms with E-state index in [-0.39, 0.29) is 11.6 Å². The number of fused-ring (bicyclic) bond motifs is 3. The van der Waals surface area contributed by atoms with E-state index in [1.54, 1.807) is 13.1 Å². The summed E-state index contributed by atoms with van der Waals surface area (Å²) in [5.74, 6) is 1.40. The van der Waals surface area contributed by atoms with Crippen molar-refractivity contribution in [3.05, 3.63) is 59.4 Å². The van der Waals surface area contributed by atoms with Crippen molar-refractivity contribution in [2.75, 3.05) is 42.8 Å². The lowest BCUT2D eigenvalue weighted by atomic mass is 9.97. The molecule has 0 saturated carbocycles. The van der Waals surface area contributed by atoms with Crippen LogP contribution in [0.25, 0.3) is 11.1 Å². The largest absolute Gasteiger partial charge is 0.381 e. The van der Waals surface area contributed by atoms with Gasteiger partial charge in [0.2, 0.25) is 0 Å². The third-order valence-corrected chi connectivity index (χ3v) is 7.54. The molecule has 1 saturated heterocycles. The molecule has 2 aliphatic heterocycles. The third-order valence-electron chi connectivity index (χ3n) is 7.54. The van der Waals surface area contributed by atoms with E-state index in [2.05, 4.69) is 58.8 Å². The van der Waals surface area contributed by atoms with Crippen LogP contribution in [0.5, 0.6) is 0 Å². The molecule has 212 valence electrons. The minimum Gasteiger partial charge on any atom is -0.381 e. The second-order valence-electron chi connectivity index (χ2n) is 10.3. The standard InChI is InChI=1S/C29H34N10O2/c1-5-18-13-25(33-17(2)32-18)35-26-14-23(27(37-36-26)29(40)30-3)34-22-8-6-7-20-21-15-31-39(19-9-11-41-12-10-19)24(21)16-38(4)28(20)22/h6-8,13-15,19H,5,9-12,16H2,1-4H3,(H,30,40)(H2,32,33,34,35,36). The minimum atomic E-state index is -0.337. The van der Waals surface area contributed by atoms with Crippen molar-refractivity contribution in [1.82, 2.24) is 35.3 Å². The molecular weight excluding hydrogens is 520 g/mol. The average molecular weight is 555 g/mol. The highest BCUT2D eigenvalue weighted by Gasteiger charge is 2.29. The van der Waals surface area contributed by atoms with Gasteiger partial charge < -0.3 is 25.6 Å². The van der Waals surface area contributed by atoms with Gasteiger partial charge in [-0.3, -0.25) is 9.48 Å². The van der Waals surface area contributed by atoms with Gasteiger partial charge in [-0.25, -0.2) is 9.97 Å². The highest BCUT2D eigenvalue weighted by atomic mass is 16.5. The van der Waals surface area contributed by atoms with Crippen molar-refractivity contribution < 1.29 is 9.53 Å². The Hall–Kier alpha value is -4.58. The van der Waals surface area contributed by atoms with Crippen molar-refractivity contribution in [2.24, 2.45) is 0 Å². The lowest BCUT2D eigenvalue weighted by Gasteiger charge is -2.32. The molecule has 4 aromatic rings. The average Bonchev–Trinajstić information content (AvgIpc) is 3.41. The quantitative estimate of drug-likeness (QED) is 0.306. The van der Waals surface area contributed by atoms with Gasteiger partial charge >= 0.3 is 0 Å². The molecular formula is C29H34N10O2. The second kappa shape index (κ2) is 11.1. The van der Waals surface area contributed by atoms with Crippen LogP contribution in [0.15, 0.2) is 36.5 Å². The maximum absolute atomic E-state index is 12.8. The molecule has 1 amide bonds. The molecule has 0 atom stereocenters. The van der Waals surface area contributed by atoms with E-state index in [1.807, 2.05) is 38.2 Å². The normalized spacial score (nSPS) is 14.8. The zero-order valence-electron chi connectivity index (χ0n) is 23.7. The fraction of sp³-hybridized carbons (Fsp3) is 0.379. The van der Waals surface area contributed by atoms with E-state index < -0.39 is 0 Å². The first-order chi connectivity index (χ1) is 19.9. The van der Waals surface area contributed by atoms with Crippen LogP contribution >= 0.6 is 0 Å². The van der Waals surface area contributed by atoms with Crippen LogP contribution in [0, 0.1) is 6.92 Å². The fourth-order valence-corrected chi connectivity index (χ4v) is 5.58. The van der Waals surface area contributed by atoms with E-state index >= 15 is 0 Å². The van der Waals surface area contributed by atoms with Crippen LogP contribution in [0.2, 0.25) is 0 Å². The first-order valence-electron chi connectivity index (χ1n) is 13.9. The van der Waals surface area contributed by atoms with Crippen molar-refractivity contribution in [2.45, 2.75) is 45.7 Å². The molecule has 1 aromatic carbocycles. The molecule has 12 nitrogen and oxygen atoms in total. The number of para-hydroxylation sites is 1. The lowest BCUT2D eigenvalue weighted by Crippen LogP contribution is -2.28. The topological polar surface area (TPSA) is 135 Å². The summed E-state index contributed by atoms with van der Waals surface area (Å²) in [6.07, 6.45) is 4.69. The van der Waals surface area contributed by atoms with E-state index in [0.29, 0.717) is 29.2 Å². The molecule has 3 N–H and O–H groups in total. The third kappa shape index (κ3) is 5.18. The van der Waals surface area contributed by atoms with Crippen molar-refractivity contribution in [3.8, 4) is 11.1 Å². The number of anilines is 5. The number of nitrogens with one attached hydrogen (secondary N) is 3. The number of ether oxygens (including phenoxy) is 1. The molecule has 0 unspecified atom stereocenters. The van der Waals surface area contributed by atoms with Crippen LogP contribution in [0.4, 0.5) is 28.7 Å². The summed E-state index contributed by atoms with van der Waals surface area (Å²) in [5.41, 5.74) is 6.93. The number of amides is 1. The molecule has 12 heteroatoms. The van der Waals surface area contributed by atoms with Gasteiger partial charge in [0, 0.05) is 56.3 Å². The SMILES string of the molecule is CCc1cc(Nc2cc(Nc3cccc4c3N(C)Cc3c-4cnn3C3CCOCC3)c(C(=O)NC)nn2)nc(C)n1. The number of carbonyl (C=O) groups is 1. The minimum absolute atomic E-state index is 0.190. The number of carbonyl (C=O) groups excluding carboxylic acids is 1. The van der Waals surface area contributed by atoms with Crippen molar-refractivity contribution >= 4 is 34.6 Å². The predicted molar refractivity (Wildman–Crippen MR) is 157 cm³/mol. The van der Waals surface area contributed by atoms with Crippen LogP contribution in [-0.2, 0) is 17.7 Å². The van der Waals surface area contributed by atoms with Gasteiger partial charge in [-0.05, 0) is 32.3 Å². The predicted octanol–water partition coefficient (Wildman–Crippen LogP) is 4.15. The highest BCUT2D eigenvalue weighted by molar-refractivity contribution is 6.00. The molecule has 2 aliphatic rings. The number of benzene rings is 1. The van der Waals surface area contributed by atoms with Crippen molar-refractivity contribution in [3.63, 3.8) is 0 Å². The zero-order chi connectivity index (χ0) is 28.5. The van der Waals surface area contributed by atoms with Gasteiger partial charge in [0.1, 0.15) is 11.6 Å². The molecule has 3 aromatic heterocycles. The Morgan fingerprint density at radius 3 is 2.66 bits per heavy atom. The summed E-state index contributed by atoms with van der Waals surface area (Å²) in [6.45, 7) is 6.14. The molecule has 1 fully saturated rings. The molecule has 0 spiro atoms. The summed E-state index contributed by atoms with van der Waals surface area (Å²) < 4.78 is 7.76. The first-order valence-corrected chi connectivity index (χ1v) is 13.9. The maximum Gasteiger partial charge on any atom is 0.273 e. The van der Waals surface area contributed by atoms with Crippen LogP contribution in [-0.4, -0.2) is 63.2 Å². The van der Waals surface area contributed by atoms with Gasteiger partial charge in [-0.2, -0.15) is 5.10 Å². The summed E-state index contributed by atoms with van der Waals surface area (Å²) in [5, 5.41) is 22.7. The number of rotatable bonds is 7. The van der Waals surface area contributed by atoms with Crippen LogP contribution in [0.1, 0.15) is 53.5 Å². The van der Waals surface area contributed by atoms with E-state index in [9.17, 15) is 4.79 Å². The number of hydrogen-bond acceptors (Lipinski definition) is 10. The fourth-order valence-electron chi connectivity index (χ4n) is 5.58. The van der Waals surface area contributed by atoms with E-state index in [4.69, 9.17) is 9.84 Å². The summed E-state index contributed by atoms with van der Waals surface area (Å²) in [4.78, 5) is 23.9. The Kier molecular flexibility index (Phi) is 7.23. The first kappa shape index (κ1) is 26.6. The lowest BCUT2D eigenvalue weighted by molar-refractivity contribution is 0.0654. The Morgan fingerprint density at radius 1 is 1.05 bits per heavy atom. The number of nitrogens with zero attached hydrogens (tertiary/aromatic N) is 7. The van der Waals surface area contributed by atoms with Crippen LogP contribution < -0.4 is 20.9 Å². The second-order valence-corrected chi connectivity index (χ2v) is 10.3. The molecule has 0 bridgehead atoms. The van der Waals surface area contributed by atoms with Gasteiger partial charge in [-0.15, -0.1) is 10.2 Å².